The van der Waals surface area contributed by atoms with Gasteiger partial charge in [0.15, 0.2) is 0 Å². The maximum atomic E-state index is 12.8. The number of nitrogens with zero attached hydrogens (tertiary/aromatic N) is 2. The van der Waals surface area contributed by atoms with E-state index in [1.165, 1.54) is 19.3 Å². The predicted octanol–water partition coefficient (Wildman–Crippen LogP) is 3.09. The minimum absolute atomic E-state index is 0.118. The lowest BCUT2D eigenvalue weighted by molar-refractivity contribution is -0.137. The summed E-state index contributed by atoms with van der Waals surface area (Å²) in [7, 11) is 0. The fourth-order valence-electron chi connectivity index (χ4n) is 3.46. The maximum absolute atomic E-state index is 12.8. The fourth-order valence-corrected chi connectivity index (χ4v) is 3.46. The average Bonchev–Trinajstić information content (AvgIpc) is 2.44. The molecule has 2 aliphatic rings. The highest BCUT2D eigenvalue weighted by molar-refractivity contribution is 5.75. The highest BCUT2D eigenvalue weighted by atomic mass is 16.4. The van der Waals surface area contributed by atoms with Crippen molar-refractivity contribution >= 4 is 12.0 Å². The second-order valence-electron chi connectivity index (χ2n) is 6.31. The molecule has 0 aliphatic carbocycles. The number of hydrogen-bond donors (Lipinski definition) is 1. The van der Waals surface area contributed by atoms with Gasteiger partial charge in [0.1, 0.15) is 0 Å². The molecule has 21 heavy (non-hydrogen) atoms. The lowest BCUT2D eigenvalue weighted by Crippen LogP contribution is -2.51. The Kier molecular flexibility index (Phi) is 6.33. The molecule has 0 saturated carbocycles. The Hall–Kier alpha value is -1.26. The Balaban J connectivity index is 1.94. The molecule has 2 aliphatic heterocycles. The quantitative estimate of drug-likeness (QED) is 0.870. The molecule has 2 heterocycles. The summed E-state index contributed by atoms with van der Waals surface area (Å²) in [4.78, 5) is 27.5. The average molecular weight is 296 g/mol. The minimum atomic E-state index is -0.765. The van der Waals surface area contributed by atoms with Crippen molar-refractivity contribution in [2.75, 3.05) is 19.6 Å². The largest absolute Gasteiger partial charge is 0.481 e. The first-order valence-electron chi connectivity index (χ1n) is 8.46. The smallest absolute Gasteiger partial charge is 0.320 e. The first-order chi connectivity index (χ1) is 10.2. The molecule has 1 atom stereocenters. The van der Waals surface area contributed by atoms with Crippen LogP contribution in [-0.4, -0.2) is 52.6 Å². The summed E-state index contributed by atoms with van der Waals surface area (Å²) in [5.41, 5.74) is 0. The van der Waals surface area contributed by atoms with E-state index < -0.39 is 5.97 Å². The second-order valence-corrected chi connectivity index (χ2v) is 6.31. The van der Waals surface area contributed by atoms with Gasteiger partial charge in [-0.2, -0.15) is 0 Å². The standard InChI is InChI=1S/C16H28N2O3/c19-15(20)10-9-14-8-4-7-13-18(14)16(21)17-11-5-2-1-3-6-12-17/h14H,1-13H2,(H,19,20). The van der Waals surface area contributed by atoms with Crippen molar-refractivity contribution in [1.82, 2.24) is 9.80 Å². The highest BCUT2D eigenvalue weighted by Crippen LogP contribution is 2.23. The third-order valence-corrected chi connectivity index (χ3v) is 4.69. The van der Waals surface area contributed by atoms with Gasteiger partial charge in [-0.25, -0.2) is 4.79 Å². The minimum Gasteiger partial charge on any atom is -0.481 e. The van der Waals surface area contributed by atoms with E-state index in [4.69, 9.17) is 5.11 Å². The molecule has 0 aromatic rings. The molecule has 0 aromatic carbocycles. The third-order valence-electron chi connectivity index (χ3n) is 4.69. The number of carboxylic acids is 1. The van der Waals surface area contributed by atoms with Crippen LogP contribution in [-0.2, 0) is 4.79 Å². The summed E-state index contributed by atoms with van der Waals surface area (Å²) in [6.45, 7) is 2.52. The number of carboxylic acid groups (broad SMARTS) is 1. The molecule has 0 radical (unpaired) electrons. The van der Waals surface area contributed by atoms with Crippen molar-refractivity contribution < 1.29 is 14.7 Å². The van der Waals surface area contributed by atoms with E-state index in [0.29, 0.717) is 6.42 Å². The maximum Gasteiger partial charge on any atom is 0.320 e. The molecule has 5 heteroatoms. The normalized spacial score (nSPS) is 24.3. The SMILES string of the molecule is O=C(O)CCC1CCCCN1C(=O)N1CCCCCCC1. The van der Waals surface area contributed by atoms with Crippen LogP contribution in [0.5, 0.6) is 0 Å². The van der Waals surface area contributed by atoms with Crippen LogP contribution in [0.2, 0.25) is 0 Å². The number of carbonyl (C=O) groups is 2. The number of aliphatic carboxylic acids is 1. The number of amides is 2. The lowest BCUT2D eigenvalue weighted by atomic mass is 9.98. The van der Waals surface area contributed by atoms with Crippen LogP contribution in [0.3, 0.4) is 0 Å². The number of likely N-dealkylation sites (tertiary alicyclic amines) is 2. The van der Waals surface area contributed by atoms with Gasteiger partial charge in [-0.15, -0.1) is 0 Å². The number of hydrogen-bond acceptors (Lipinski definition) is 2. The molecule has 0 spiro atoms. The summed E-state index contributed by atoms with van der Waals surface area (Å²) >= 11 is 0. The Morgan fingerprint density at radius 1 is 0.905 bits per heavy atom. The van der Waals surface area contributed by atoms with Gasteiger partial charge in [-0.3, -0.25) is 4.79 Å². The third kappa shape index (κ3) is 4.90. The molecule has 120 valence electrons. The molecule has 2 fully saturated rings. The molecule has 5 nitrogen and oxygen atoms in total. The molecule has 2 rings (SSSR count). The number of carbonyl (C=O) groups excluding carboxylic acids is 1. The molecule has 2 saturated heterocycles. The van der Waals surface area contributed by atoms with Crippen LogP contribution in [0, 0.1) is 0 Å². The van der Waals surface area contributed by atoms with Crippen LogP contribution in [0.1, 0.15) is 64.2 Å². The van der Waals surface area contributed by atoms with E-state index in [2.05, 4.69) is 0 Å². The molecular formula is C16H28N2O3. The first kappa shape index (κ1) is 16.1. The van der Waals surface area contributed by atoms with E-state index in [1.54, 1.807) is 0 Å². The van der Waals surface area contributed by atoms with Crippen molar-refractivity contribution in [2.45, 2.75) is 70.3 Å². The second kappa shape index (κ2) is 8.25. The van der Waals surface area contributed by atoms with Crippen molar-refractivity contribution in [3.8, 4) is 0 Å². The number of piperidine rings is 1. The van der Waals surface area contributed by atoms with E-state index >= 15 is 0 Å². The summed E-state index contributed by atoms with van der Waals surface area (Å²) in [5, 5.41) is 8.87. The zero-order chi connectivity index (χ0) is 15.1. The van der Waals surface area contributed by atoms with Crippen LogP contribution in [0.4, 0.5) is 4.79 Å². The van der Waals surface area contributed by atoms with Crippen molar-refractivity contribution in [3.63, 3.8) is 0 Å². The van der Waals surface area contributed by atoms with E-state index in [9.17, 15) is 9.59 Å². The van der Waals surface area contributed by atoms with Crippen LogP contribution < -0.4 is 0 Å². The summed E-state index contributed by atoms with van der Waals surface area (Å²) in [6, 6.07) is 0.264. The molecular weight excluding hydrogens is 268 g/mol. The van der Waals surface area contributed by atoms with Gasteiger partial charge >= 0.3 is 12.0 Å². The van der Waals surface area contributed by atoms with Crippen molar-refractivity contribution in [1.29, 1.82) is 0 Å². The molecule has 2 amide bonds. The summed E-state index contributed by atoms with van der Waals surface area (Å²) in [6.07, 6.45) is 9.76. The van der Waals surface area contributed by atoms with Crippen molar-refractivity contribution in [2.24, 2.45) is 0 Å². The topological polar surface area (TPSA) is 60.9 Å². The predicted molar refractivity (Wildman–Crippen MR) is 81.3 cm³/mol. The van der Waals surface area contributed by atoms with E-state index in [-0.39, 0.29) is 18.5 Å². The molecule has 0 bridgehead atoms. The molecule has 1 N–H and O–H groups in total. The zero-order valence-electron chi connectivity index (χ0n) is 12.9. The lowest BCUT2D eigenvalue weighted by Gasteiger charge is -2.39. The van der Waals surface area contributed by atoms with Gasteiger partial charge in [0.05, 0.1) is 0 Å². The first-order valence-corrected chi connectivity index (χ1v) is 8.46. The van der Waals surface area contributed by atoms with Gasteiger partial charge in [0, 0.05) is 32.1 Å². The van der Waals surface area contributed by atoms with Gasteiger partial charge in [-0.1, -0.05) is 19.3 Å². The van der Waals surface area contributed by atoms with Gasteiger partial charge < -0.3 is 14.9 Å². The fraction of sp³-hybridized carbons (Fsp3) is 0.875. The van der Waals surface area contributed by atoms with Crippen LogP contribution >= 0.6 is 0 Å². The van der Waals surface area contributed by atoms with Crippen LogP contribution in [0.25, 0.3) is 0 Å². The molecule has 0 aromatic heterocycles. The molecule has 1 unspecified atom stereocenters. The van der Waals surface area contributed by atoms with Crippen LogP contribution in [0.15, 0.2) is 0 Å². The van der Waals surface area contributed by atoms with E-state index in [1.807, 2.05) is 9.80 Å². The Bertz CT molecular complexity index is 351. The number of urea groups is 1. The number of rotatable bonds is 3. The highest BCUT2D eigenvalue weighted by Gasteiger charge is 2.30. The van der Waals surface area contributed by atoms with Gasteiger partial charge in [0.2, 0.25) is 0 Å². The van der Waals surface area contributed by atoms with E-state index in [0.717, 1.165) is 51.7 Å². The zero-order valence-corrected chi connectivity index (χ0v) is 12.9. The monoisotopic (exact) mass is 296 g/mol. The van der Waals surface area contributed by atoms with Gasteiger partial charge in [0.25, 0.3) is 0 Å². The summed E-state index contributed by atoms with van der Waals surface area (Å²) < 4.78 is 0. The van der Waals surface area contributed by atoms with Crippen molar-refractivity contribution in [3.05, 3.63) is 0 Å². The Morgan fingerprint density at radius 2 is 1.52 bits per heavy atom. The van der Waals surface area contributed by atoms with Gasteiger partial charge in [-0.05, 0) is 38.5 Å². The Morgan fingerprint density at radius 3 is 2.19 bits per heavy atom. The summed E-state index contributed by atoms with van der Waals surface area (Å²) in [5.74, 6) is -0.765. The Labute approximate surface area is 127 Å².